The third-order valence-electron chi connectivity index (χ3n) is 4.90. The van der Waals surface area contributed by atoms with E-state index in [4.69, 9.17) is 9.47 Å². The molecule has 2 aromatic heterocycles. The van der Waals surface area contributed by atoms with Crippen molar-refractivity contribution in [3.8, 4) is 0 Å². The summed E-state index contributed by atoms with van der Waals surface area (Å²) in [5.74, 6) is -0.935. The molecule has 0 atom stereocenters. The van der Waals surface area contributed by atoms with Crippen LogP contribution in [0.15, 0.2) is 4.79 Å². The van der Waals surface area contributed by atoms with Crippen LogP contribution >= 0.6 is 11.3 Å². The molecule has 1 aliphatic rings. The molecule has 9 nitrogen and oxygen atoms in total. The topological polar surface area (TPSA) is 119 Å². The van der Waals surface area contributed by atoms with E-state index < -0.39 is 5.97 Å². The molecule has 0 saturated carbocycles. The molecule has 0 aliphatic carbocycles. The van der Waals surface area contributed by atoms with Crippen LogP contribution in [0.4, 0.5) is 0 Å². The van der Waals surface area contributed by atoms with Crippen LogP contribution in [-0.2, 0) is 19.1 Å². The van der Waals surface area contributed by atoms with Crippen LogP contribution in [0.1, 0.15) is 40.8 Å². The fourth-order valence-corrected chi connectivity index (χ4v) is 4.48. The monoisotopic (exact) mass is 421 g/mol. The number of thiophene rings is 1. The number of carbonyl (C=O) groups is 3. The third-order valence-corrected chi connectivity index (χ3v) is 6.06. The van der Waals surface area contributed by atoms with Crippen molar-refractivity contribution in [1.29, 1.82) is 0 Å². The lowest BCUT2D eigenvalue weighted by Crippen LogP contribution is -2.42. The molecular formula is C19H23N3O6S. The predicted molar refractivity (Wildman–Crippen MR) is 106 cm³/mol. The van der Waals surface area contributed by atoms with Crippen LogP contribution in [-0.4, -0.2) is 59.0 Å². The second-order valence-corrected chi connectivity index (χ2v) is 7.87. The van der Waals surface area contributed by atoms with Gasteiger partial charge in [0, 0.05) is 13.1 Å². The quantitative estimate of drug-likeness (QED) is 0.728. The Bertz CT molecular complexity index is 1000. The van der Waals surface area contributed by atoms with Gasteiger partial charge in [0.05, 0.1) is 17.9 Å². The standard InChI is InChI=1S/C19H23N3O6S/c1-4-27-18(25)12-5-7-22(8-6-12)13(23)9-28-19(26)15-10(2)14-16(24)20-11(3)21-17(14)29-15/h12H,4-9H2,1-3H3,(H,20,21,24). The Kier molecular flexibility index (Phi) is 6.31. The highest BCUT2D eigenvalue weighted by Gasteiger charge is 2.29. The van der Waals surface area contributed by atoms with E-state index in [9.17, 15) is 19.2 Å². The van der Waals surface area contributed by atoms with Crippen molar-refractivity contribution in [1.82, 2.24) is 14.9 Å². The number of ether oxygens (including phenoxy) is 2. The fraction of sp³-hybridized carbons (Fsp3) is 0.526. The first kappa shape index (κ1) is 21.0. The normalized spacial score (nSPS) is 14.8. The van der Waals surface area contributed by atoms with Gasteiger partial charge < -0.3 is 19.4 Å². The molecule has 0 spiro atoms. The SMILES string of the molecule is CCOC(=O)C1CCN(C(=O)COC(=O)c2sc3nc(C)[nH]c(=O)c3c2C)CC1. The smallest absolute Gasteiger partial charge is 0.349 e. The van der Waals surface area contributed by atoms with Gasteiger partial charge in [-0.05, 0) is 39.2 Å². The molecule has 2 aromatic rings. The Hall–Kier alpha value is -2.75. The summed E-state index contributed by atoms with van der Waals surface area (Å²) in [7, 11) is 0. The first-order valence-corrected chi connectivity index (χ1v) is 10.2. The van der Waals surface area contributed by atoms with E-state index >= 15 is 0 Å². The number of hydrogen-bond donors (Lipinski definition) is 1. The van der Waals surface area contributed by atoms with Gasteiger partial charge in [-0.3, -0.25) is 14.4 Å². The summed E-state index contributed by atoms with van der Waals surface area (Å²) in [5, 5.41) is 0.361. The highest BCUT2D eigenvalue weighted by molar-refractivity contribution is 7.20. The number of carbonyl (C=O) groups excluding carboxylic acids is 3. The average Bonchev–Trinajstić information content (AvgIpc) is 3.02. The third kappa shape index (κ3) is 4.47. The molecular weight excluding hydrogens is 398 g/mol. The molecule has 1 amide bonds. The fourth-order valence-electron chi connectivity index (χ4n) is 3.35. The number of esters is 2. The lowest BCUT2D eigenvalue weighted by Gasteiger charge is -2.30. The Morgan fingerprint density at radius 3 is 2.55 bits per heavy atom. The van der Waals surface area contributed by atoms with Gasteiger partial charge in [-0.1, -0.05) is 0 Å². The van der Waals surface area contributed by atoms with Gasteiger partial charge in [0.2, 0.25) is 0 Å². The molecule has 10 heteroatoms. The maximum Gasteiger partial charge on any atom is 0.349 e. The largest absolute Gasteiger partial charge is 0.466 e. The molecule has 1 N–H and O–H groups in total. The Labute approximate surface area is 171 Å². The van der Waals surface area contributed by atoms with E-state index in [2.05, 4.69) is 9.97 Å². The van der Waals surface area contributed by atoms with Crippen molar-refractivity contribution < 1.29 is 23.9 Å². The summed E-state index contributed by atoms with van der Waals surface area (Å²) in [6, 6.07) is 0. The van der Waals surface area contributed by atoms with Crippen molar-refractivity contribution >= 4 is 39.4 Å². The van der Waals surface area contributed by atoms with Crippen molar-refractivity contribution in [2.24, 2.45) is 5.92 Å². The summed E-state index contributed by atoms with van der Waals surface area (Å²) in [6.07, 6.45) is 1.06. The van der Waals surface area contributed by atoms with E-state index in [0.717, 1.165) is 11.3 Å². The summed E-state index contributed by atoms with van der Waals surface area (Å²) in [4.78, 5) is 57.9. The number of nitrogens with zero attached hydrogens (tertiary/aromatic N) is 2. The number of nitrogens with one attached hydrogen (secondary N) is 1. The van der Waals surface area contributed by atoms with Gasteiger partial charge >= 0.3 is 11.9 Å². The number of aromatic amines is 1. The minimum atomic E-state index is -0.655. The van der Waals surface area contributed by atoms with Crippen LogP contribution in [0, 0.1) is 19.8 Å². The molecule has 1 fully saturated rings. The van der Waals surface area contributed by atoms with Crippen LogP contribution < -0.4 is 5.56 Å². The minimum Gasteiger partial charge on any atom is -0.466 e. The molecule has 3 rings (SSSR count). The molecule has 0 aromatic carbocycles. The zero-order chi connectivity index (χ0) is 21.1. The summed E-state index contributed by atoms with van der Waals surface area (Å²) in [6.45, 7) is 5.87. The highest BCUT2D eigenvalue weighted by atomic mass is 32.1. The highest BCUT2D eigenvalue weighted by Crippen LogP contribution is 2.27. The number of amides is 1. The number of aryl methyl sites for hydroxylation is 2. The van der Waals surface area contributed by atoms with E-state index in [1.54, 1.807) is 25.7 Å². The van der Waals surface area contributed by atoms with E-state index in [1.807, 2.05) is 0 Å². The molecule has 0 bridgehead atoms. The Balaban J connectivity index is 1.59. The zero-order valence-electron chi connectivity index (χ0n) is 16.6. The second-order valence-electron chi connectivity index (χ2n) is 6.87. The number of aromatic nitrogens is 2. The number of rotatable bonds is 5. The van der Waals surface area contributed by atoms with Crippen LogP contribution in [0.3, 0.4) is 0 Å². The van der Waals surface area contributed by atoms with Crippen molar-refractivity contribution in [2.75, 3.05) is 26.3 Å². The van der Waals surface area contributed by atoms with E-state index in [0.29, 0.717) is 54.1 Å². The van der Waals surface area contributed by atoms with E-state index in [1.165, 1.54) is 0 Å². The number of likely N-dealkylation sites (tertiary alicyclic amines) is 1. The number of hydrogen-bond acceptors (Lipinski definition) is 8. The summed E-state index contributed by atoms with van der Waals surface area (Å²) < 4.78 is 10.2. The average molecular weight is 421 g/mol. The van der Waals surface area contributed by atoms with Gasteiger partial charge in [-0.15, -0.1) is 11.3 Å². The van der Waals surface area contributed by atoms with E-state index in [-0.39, 0.29) is 34.8 Å². The van der Waals surface area contributed by atoms with Gasteiger partial charge in [-0.25, -0.2) is 9.78 Å². The summed E-state index contributed by atoms with van der Waals surface area (Å²) >= 11 is 1.07. The molecule has 156 valence electrons. The maximum absolute atomic E-state index is 12.4. The maximum atomic E-state index is 12.4. The molecule has 1 aliphatic heterocycles. The lowest BCUT2D eigenvalue weighted by atomic mass is 9.97. The second kappa shape index (κ2) is 8.73. The number of piperidine rings is 1. The number of H-pyrrole nitrogens is 1. The first-order chi connectivity index (χ1) is 13.8. The van der Waals surface area contributed by atoms with Crippen LogP contribution in [0.2, 0.25) is 0 Å². The summed E-state index contributed by atoms with van der Waals surface area (Å²) in [5.41, 5.74) is 0.187. The molecule has 1 saturated heterocycles. The van der Waals surface area contributed by atoms with Crippen molar-refractivity contribution in [3.63, 3.8) is 0 Å². The zero-order valence-corrected chi connectivity index (χ0v) is 17.4. The molecule has 0 unspecified atom stereocenters. The molecule has 29 heavy (non-hydrogen) atoms. The van der Waals surface area contributed by atoms with Crippen molar-refractivity contribution in [3.05, 3.63) is 26.6 Å². The number of fused-ring (bicyclic) bond motifs is 1. The minimum absolute atomic E-state index is 0.197. The molecule has 3 heterocycles. The van der Waals surface area contributed by atoms with Gasteiger partial charge in [0.1, 0.15) is 15.5 Å². The lowest BCUT2D eigenvalue weighted by molar-refractivity contribution is -0.151. The Morgan fingerprint density at radius 2 is 1.90 bits per heavy atom. The predicted octanol–water partition coefficient (Wildman–Crippen LogP) is 1.56. The van der Waals surface area contributed by atoms with Crippen LogP contribution in [0.25, 0.3) is 10.2 Å². The first-order valence-electron chi connectivity index (χ1n) is 9.43. The van der Waals surface area contributed by atoms with Gasteiger partial charge in [0.25, 0.3) is 11.5 Å². The van der Waals surface area contributed by atoms with Gasteiger partial charge in [0.15, 0.2) is 6.61 Å². The van der Waals surface area contributed by atoms with Crippen molar-refractivity contribution in [2.45, 2.75) is 33.6 Å². The van der Waals surface area contributed by atoms with Gasteiger partial charge in [-0.2, -0.15) is 0 Å². The van der Waals surface area contributed by atoms with Crippen LogP contribution in [0.5, 0.6) is 0 Å². The Morgan fingerprint density at radius 1 is 1.21 bits per heavy atom. The molecule has 0 radical (unpaired) electrons.